The molecule has 2 rings (SSSR count). The van der Waals surface area contributed by atoms with E-state index in [9.17, 15) is 0 Å². The molecule has 0 bridgehead atoms. The predicted molar refractivity (Wildman–Crippen MR) is 74.6 cm³/mol. The van der Waals surface area contributed by atoms with Gasteiger partial charge in [0.25, 0.3) is 0 Å². The summed E-state index contributed by atoms with van der Waals surface area (Å²) in [4.78, 5) is 4.32. The van der Waals surface area contributed by atoms with Crippen LogP contribution in [0.15, 0.2) is 24.8 Å². The molecule has 104 valence electrons. The molecule has 0 fully saturated rings. The van der Waals surface area contributed by atoms with Crippen LogP contribution in [0.1, 0.15) is 20.3 Å². The van der Waals surface area contributed by atoms with Gasteiger partial charge in [-0.15, -0.1) is 0 Å². The molecule has 1 N–H and O–H groups in total. The Hall–Kier alpha value is -1.82. The van der Waals surface area contributed by atoms with Gasteiger partial charge < -0.3 is 10.1 Å². The zero-order valence-electron chi connectivity index (χ0n) is 11.5. The molecule has 0 amide bonds. The van der Waals surface area contributed by atoms with E-state index >= 15 is 0 Å². The highest BCUT2D eigenvalue weighted by Gasteiger charge is 2.06. The fraction of sp³-hybridized carbons (Fsp3) is 0.538. The summed E-state index contributed by atoms with van der Waals surface area (Å²) in [5, 5.41) is 7.59. The van der Waals surface area contributed by atoms with Crippen molar-refractivity contribution in [2.75, 3.05) is 25.1 Å². The van der Waals surface area contributed by atoms with Gasteiger partial charge in [0.2, 0.25) is 5.95 Å². The van der Waals surface area contributed by atoms with E-state index in [0.717, 1.165) is 44.4 Å². The zero-order valence-corrected chi connectivity index (χ0v) is 11.5. The van der Waals surface area contributed by atoms with E-state index < -0.39 is 0 Å². The molecule has 2 heterocycles. The second kappa shape index (κ2) is 6.94. The molecule has 0 atom stereocenters. The van der Waals surface area contributed by atoms with E-state index in [1.54, 1.807) is 6.20 Å². The Bertz CT molecular complexity index is 491. The van der Waals surface area contributed by atoms with E-state index in [4.69, 9.17) is 4.74 Å². The molecule has 6 nitrogen and oxygen atoms in total. The van der Waals surface area contributed by atoms with Crippen molar-refractivity contribution in [3.8, 4) is 5.69 Å². The van der Waals surface area contributed by atoms with Crippen molar-refractivity contribution in [3.05, 3.63) is 24.8 Å². The third-order valence-corrected chi connectivity index (χ3v) is 2.82. The third kappa shape index (κ3) is 3.57. The molecule has 0 aliphatic heterocycles. The summed E-state index contributed by atoms with van der Waals surface area (Å²) < 4.78 is 9.20. The van der Waals surface area contributed by atoms with E-state index in [0.29, 0.717) is 0 Å². The van der Waals surface area contributed by atoms with Gasteiger partial charge in [0.05, 0.1) is 11.9 Å². The number of aromatic nitrogens is 4. The Kier molecular flexibility index (Phi) is 4.97. The molecule has 6 heteroatoms. The van der Waals surface area contributed by atoms with Crippen molar-refractivity contribution in [1.82, 2.24) is 19.3 Å². The van der Waals surface area contributed by atoms with Crippen molar-refractivity contribution in [2.45, 2.75) is 26.8 Å². The van der Waals surface area contributed by atoms with Gasteiger partial charge in [0.15, 0.2) is 0 Å². The number of anilines is 1. The fourth-order valence-corrected chi connectivity index (χ4v) is 1.81. The Labute approximate surface area is 113 Å². The van der Waals surface area contributed by atoms with Crippen molar-refractivity contribution in [3.63, 3.8) is 0 Å². The highest BCUT2D eigenvalue weighted by molar-refractivity contribution is 5.39. The summed E-state index contributed by atoms with van der Waals surface area (Å²) in [6, 6.07) is 0. The quantitative estimate of drug-likeness (QED) is 0.739. The summed E-state index contributed by atoms with van der Waals surface area (Å²) in [6.45, 7) is 7.33. The molecule has 0 radical (unpaired) electrons. The van der Waals surface area contributed by atoms with Crippen LogP contribution >= 0.6 is 0 Å². The maximum Gasteiger partial charge on any atom is 0.207 e. The average Bonchev–Trinajstić information content (AvgIpc) is 3.06. The minimum atomic E-state index is 0.769. The molecule has 0 aliphatic rings. The van der Waals surface area contributed by atoms with E-state index in [1.807, 2.05) is 34.8 Å². The lowest BCUT2D eigenvalue weighted by Gasteiger charge is -2.07. The zero-order chi connectivity index (χ0) is 13.5. The van der Waals surface area contributed by atoms with Crippen molar-refractivity contribution in [2.24, 2.45) is 0 Å². The van der Waals surface area contributed by atoms with Gasteiger partial charge in [-0.2, -0.15) is 5.10 Å². The van der Waals surface area contributed by atoms with Crippen molar-refractivity contribution < 1.29 is 4.74 Å². The van der Waals surface area contributed by atoms with Gasteiger partial charge in [-0.25, -0.2) is 4.98 Å². The molecule has 0 unspecified atom stereocenters. The average molecular weight is 263 g/mol. The van der Waals surface area contributed by atoms with Crippen LogP contribution in [-0.4, -0.2) is 39.1 Å². The Morgan fingerprint density at radius 1 is 1.37 bits per heavy atom. The van der Waals surface area contributed by atoms with Gasteiger partial charge in [0, 0.05) is 44.9 Å². The molecular weight excluding hydrogens is 242 g/mol. The Morgan fingerprint density at radius 3 is 3.00 bits per heavy atom. The molecule has 0 aromatic carbocycles. The van der Waals surface area contributed by atoms with Crippen molar-refractivity contribution >= 4 is 5.95 Å². The number of ether oxygens (including phenoxy) is 1. The normalized spacial score (nSPS) is 10.8. The van der Waals surface area contributed by atoms with E-state index in [1.165, 1.54) is 0 Å². The SMILES string of the molecule is CCOCCCNc1nccn1-c1cnn(CC)c1. The second-order valence-electron chi connectivity index (χ2n) is 4.15. The van der Waals surface area contributed by atoms with Crippen LogP contribution in [0.3, 0.4) is 0 Å². The summed E-state index contributed by atoms with van der Waals surface area (Å²) in [5.74, 6) is 0.840. The number of hydrogen-bond donors (Lipinski definition) is 1. The third-order valence-electron chi connectivity index (χ3n) is 2.82. The number of rotatable bonds is 8. The number of nitrogens with one attached hydrogen (secondary N) is 1. The number of hydrogen-bond acceptors (Lipinski definition) is 4. The van der Waals surface area contributed by atoms with Gasteiger partial charge in [-0.05, 0) is 20.3 Å². The van der Waals surface area contributed by atoms with Gasteiger partial charge in [-0.1, -0.05) is 0 Å². The summed E-state index contributed by atoms with van der Waals surface area (Å²) in [6.07, 6.45) is 8.54. The lowest BCUT2D eigenvalue weighted by atomic mass is 10.4. The fourth-order valence-electron chi connectivity index (χ4n) is 1.81. The van der Waals surface area contributed by atoms with Gasteiger partial charge in [-0.3, -0.25) is 9.25 Å². The topological polar surface area (TPSA) is 56.9 Å². The molecule has 2 aromatic heterocycles. The summed E-state index contributed by atoms with van der Waals surface area (Å²) >= 11 is 0. The van der Waals surface area contributed by atoms with Crippen LogP contribution in [0, 0.1) is 0 Å². The summed E-state index contributed by atoms with van der Waals surface area (Å²) in [7, 11) is 0. The van der Waals surface area contributed by atoms with E-state index in [-0.39, 0.29) is 0 Å². The predicted octanol–water partition coefficient (Wildman–Crippen LogP) is 1.93. The van der Waals surface area contributed by atoms with Crippen LogP contribution in [0.2, 0.25) is 0 Å². The van der Waals surface area contributed by atoms with Crippen LogP contribution in [0.25, 0.3) is 5.69 Å². The van der Waals surface area contributed by atoms with Gasteiger partial charge in [0.1, 0.15) is 0 Å². The molecule has 2 aromatic rings. The molecule has 0 saturated carbocycles. The first-order valence-corrected chi connectivity index (χ1v) is 6.73. The maximum atomic E-state index is 5.31. The van der Waals surface area contributed by atoms with Crippen LogP contribution in [0.5, 0.6) is 0 Å². The molecular formula is C13H21N5O. The number of imidazole rings is 1. The van der Waals surface area contributed by atoms with Crippen LogP contribution < -0.4 is 5.32 Å². The standard InChI is InChI=1S/C13H21N5O/c1-3-17-11-12(10-16-17)18-8-7-15-13(18)14-6-5-9-19-4-2/h7-8,10-11H,3-6,9H2,1-2H3,(H,14,15). The van der Waals surface area contributed by atoms with Crippen LogP contribution in [0.4, 0.5) is 5.95 Å². The smallest absolute Gasteiger partial charge is 0.207 e. The van der Waals surface area contributed by atoms with E-state index in [2.05, 4.69) is 22.3 Å². The summed E-state index contributed by atoms with van der Waals surface area (Å²) in [5.41, 5.74) is 1.02. The van der Waals surface area contributed by atoms with Gasteiger partial charge >= 0.3 is 0 Å². The molecule has 0 spiro atoms. The lowest BCUT2D eigenvalue weighted by molar-refractivity contribution is 0.147. The lowest BCUT2D eigenvalue weighted by Crippen LogP contribution is -2.09. The first-order valence-electron chi connectivity index (χ1n) is 6.73. The Morgan fingerprint density at radius 2 is 2.26 bits per heavy atom. The first kappa shape index (κ1) is 13.6. The largest absolute Gasteiger partial charge is 0.382 e. The van der Waals surface area contributed by atoms with Crippen LogP contribution in [-0.2, 0) is 11.3 Å². The molecule has 19 heavy (non-hydrogen) atoms. The molecule has 0 aliphatic carbocycles. The maximum absolute atomic E-state index is 5.31. The highest BCUT2D eigenvalue weighted by atomic mass is 16.5. The molecule has 0 saturated heterocycles. The number of aryl methyl sites for hydroxylation is 1. The monoisotopic (exact) mass is 263 g/mol. The minimum absolute atomic E-state index is 0.769. The highest BCUT2D eigenvalue weighted by Crippen LogP contribution is 2.13. The minimum Gasteiger partial charge on any atom is -0.382 e. The Balaban J connectivity index is 1.93. The first-order chi connectivity index (χ1) is 9.35. The van der Waals surface area contributed by atoms with Crippen molar-refractivity contribution in [1.29, 1.82) is 0 Å². The second-order valence-corrected chi connectivity index (χ2v) is 4.15. The number of nitrogens with zero attached hydrogens (tertiary/aromatic N) is 4.